The summed E-state index contributed by atoms with van der Waals surface area (Å²) in [5, 5.41) is 14.7. The number of nitrogens with one attached hydrogen (secondary N) is 1. The van der Waals surface area contributed by atoms with Crippen molar-refractivity contribution in [3.8, 4) is 5.75 Å². The van der Waals surface area contributed by atoms with E-state index in [2.05, 4.69) is 5.32 Å². The number of rotatable bonds is 6. The van der Waals surface area contributed by atoms with Gasteiger partial charge in [0.1, 0.15) is 24.0 Å². The minimum absolute atomic E-state index is 0.105. The van der Waals surface area contributed by atoms with Gasteiger partial charge in [-0.1, -0.05) is 42.5 Å². The summed E-state index contributed by atoms with van der Waals surface area (Å²) in [7, 11) is 0. The van der Waals surface area contributed by atoms with E-state index in [9.17, 15) is 23.5 Å². The number of halogens is 2. The lowest BCUT2D eigenvalue weighted by atomic mass is 9.92. The fourth-order valence-electron chi connectivity index (χ4n) is 3.64. The fourth-order valence-corrected chi connectivity index (χ4v) is 3.64. The van der Waals surface area contributed by atoms with Crippen LogP contribution < -0.4 is 10.1 Å². The summed E-state index contributed by atoms with van der Waals surface area (Å²) in [5.74, 6) is -2.28. The van der Waals surface area contributed by atoms with Gasteiger partial charge in [0, 0.05) is 5.39 Å². The molecule has 2 unspecified atom stereocenters. The quantitative estimate of drug-likeness (QED) is 0.593. The Hall–Kier alpha value is -3.52. The summed E-state index contributed by atoms with van der Waals surface area (Å²) in [4.78, 5) is 26.1. The van der Waals surface area contributed by atoms with Crippen LogP contribution >= 0.6 is 0 Å². The molecule has 3 amide bonds. The lowest BCUT2D eigenvalue weighted by molar-refractivity contribution is -0.132. The molecular weight excluding hydrogens is 406 g/mol. The highest BCUT2D eigenvalue weighted by atomic mass is 19.2. The number of aliphatic hydroxyl groups is 1. The molecule has 0 spiro atoms. The maximum atomic E-state index is 13.6. The van der Waals surface area contributed by atoms with Gasteiger partial charge < -0.3 is 15.2 Å². The summed E-state index contributed by atoms with van der Waals surface area (Å²) in [6.45, 7) is 0.945. The first-order chi connectivity index (χ1) is 14.8. The molecule has 2 N–H and O–H groups in total. The number of benzene rings is 3. The number of aliphatic hydroxyl groups excluding tert-OH is 1. The van der Waals surface area contributed by atoms with Gasteiger partial charge in [0.15, 0.2) is 11.6 Å². The number of nitrogens with zero attached hydrogens (tertiary/aromatic N) is 1. The Kier molecular flexibility index (Phi) is 5.32. The van der Waals surface area contributed by atoms with E-state index in [-0.39, 0.29) is 18.7 Å². The van der Waals surface area contributed by atoms with Crippen LogP contribution in [-0.2, 0) is 10.3 Å². The van der Waals surface area contributed by atoms with Crippen LogP contribution in [0.1, 0.15) is 12.5 Å². The first-order valence-corrected chi connectivity index (χ1v) is 9.68. The molecule has 31 heavy (non-hydrogen) atoms. The number of β-amino-alcohol motifs (C(OH)–C–C–N with tert-alkyl or cyclic N) is 1. The van der Waals surface area contributed by atoms with Gasteiger partial charge in [0.05, 0.1) is 6.54 Å². The van der Waals surface area contributed by atoms with Crippen molar-refractivity contribution in [2.45, 2.75) is 18.6 Å². The lowest BCUT2D eigenvalue weighted by Crippen LogP contribution is -2.42. The van der Waals surface area contributed by atoms with Gasteiger partial charge in [-0.15, -0.1) is 0 Å². The van der Waals surface area contributed by atoms with Crippen LogP contribution in [0.2, 0.25) is 0 Å². The van der Waals surface area contributed by atoms with Crippen LogP contribution in [0.4, 0.5) is 13.6 Å². The summed E-state index contributed by atoms with van der Waals surface area (Å²) < 4.78 is 32.6. The number of urea groups is 1. The highest BCUT2D eigenvalue weighted by Gasteiger charge is 2.49. The molecule has 160 valence electrons. The average molecular weight is 426 g/mol. The lowest BCUT2D eigenvalue weighted by Gasteiger charge is -2.23. The minimum atomic E-state index is -1.57. The molecule has 0 saturated carbocycles. The molecule has 0 radical (unpaired) electrons. The second-order valence-electron chi connectivity index (χ2n) is 7.54. The van der Waals surface area contributed by atoms with E-state index in [0.717, 1.165) is 27.8 Å². The predicted octanol–water partition coefficient (Wildman–Crippen LogP) is 3.32. The van der Waals surface area contributed by atoms with Crippen LogP contribution in [0.25, 0.3) is 10.8 Å². The predicted molar refractivity (Wildman–Crippen MR) is 109 cm³/mol. The summed E-state index contributed by atoms with van der Waals surface area (Å²) in [6, 6.07) is 15.4. The molecule has 6 nitrogen and oxygen atoms in total. The maximum Gasteiger partial charge on any atom is 0.325 e. The van der Waals surface area contributed by atoms with Crippen LogP contribution in [0, 0.1) is 11.6 Å². The highest BCUT2D eigenvalue weighted by molar-refractivity contribution is 6.07. The highest BCUT2D eigenvalue weighted by Crippen LogP contribution is 2.30. The number of ether oxygens (including phenoxy) is 1. The SMILES string of the molecule is CC1(c2ccc(F)c(F)c2)NC(=O)N(CC(O)COc2cccc3ccccc23)C1=O. The van der Waals surface area contributed by atoms with Crippen molar-refractivity contribution < 1.29 is 28.2 Å². The largest absolute Gasteiger partial charge is 0.490 e. The topological polar surface area (TPSA) is 78.9 Å². The van der Waals surface area contributed by atoms with Crippen molar-refractivity contribution in [1.29, 1.82) is 0 Å². The number of hydrogen-bond acceptors (Lipinski definition) is 4. The van der Waals surface area contributed by atoms with Gasteiger partial charge in [-0.3, -0.25) is 9.69 Å². The molecule has 1 heterocycles. The van der Waals surface area contributed by atoms with Crippen molar-refractivity contribution in [2.24, 2.45) is 0 Å². The molecule has 8 heteroatoms. The van der Waals surface area contributed by atoms with E-state index in [1.54, 1.807) is 6.07 Å². The van der Waals surface area contributed by atoms with Gasteiger partial charge in [-0.2, -0.15) is 0 Å². The number of carbonyl (C=O) groups is 2. The molecule has 3 aromatic rings. The van der Waals surface area contributed by atoms with E-state index in [0.29, 0.717) is 5.75 Å². The van der Waals surface area contributed by atoms with E-state index in [1.165, 1.54) is 13.0 Å². The molecule has 1 aliphatic rings. The van der Waals surface area contributed by atoms with Crippen LogP contribution in [0.5, 0.6) is 5.75 Å². The molecular formula is C23H20F2N2O4. The van der Waals surface area contributed by atoms with Crippen LogP contribution in [-0.4, -0.2) is 41.2 Å². The first-order valence-electron chi connectivity index (χ1n) is 9.68. The van der Waals surface area contributed by atoms with Crippen molar-refractivity contribution in [1.82, 2.24) is 10.2 Å². The van der Waals surface area contributed by atoms with Crippen LogP contribution in [0.3, 0.4) is 0 Å². The second kappa shape index (κ2) is 7.96. The summed E-state index contributed by atoms with van der Waals surface area (Å²) >= 11 is 0. The van der Waals surface area contributed by atoms with Gasteiger partial charge in [0.25, 0.3) is 5.91 Å². The standard InChI is InChI=1S/C23H20F2N2O4/c1-23(15-9-10-18(24)19(25)11-15)21(29)27(22(30)26-23)12-16(28)13-31-20-8-4-6-14-5-2-3-7-17(14)20/h2-11,16,28H,12-13H2,1H3,(H,26,30). The zero-order chi connectivity index (χ0) is 22.2. The number of fused-ring (bicyclic) bond motifs is 1. The van der Waals surface area contributed by atoms with E-state index < -0.39 is 35.2 Å². The first kappa shape index (κ1) is 20.7. The Bertz CT molecular complexity index is 1160. The van der Waals surface area contributed by atoms with Crippen molar-refractivity contribution in [3.63, 3.8) is 0 Å². The van der Waals surface area contributed by atoms with E-state index >= 15 is 0 Å². The molecule has 1 fully saturated rings. The number of amides is 3. The molecule has 0 aromatic heterocycles. The van der Waals surface area contributed by atoms with Gasteiger partial charge in [0.2, 0.25) is 0 Å². The van der Waals surface area contributed by atoms with Crippen molar-refractivity contribution >= 4 is 22.7 Å². The smallest absolute Gasteiger partial charge is 0.325 e. The third-order valence-corrected chi connectivity index (χ3v) is 5.35. The van der Waals surface area contributed by atoms with Crippen molar-refractivity contribution in [3.05, 3.63) is 77.9 Å². The molecule has 1 saturated heterocycles. The Morgan fingerprint density at radius 1 is 1.06 bits per heavy atom. The Morgan fingerprint density at radius 2 is 1.81 bits per heavy atom. The number of carbonyl (C=O) groups excluding carboxylic acids is 2. The third kappa shape index (κ3) is 3.82. The fraction of sp³-hybridized carbons (Fsp3) is 0.217. The summed E-state index contributed by atoms with van der Waals surface area (Å²) in [6.07, 6.45) is -1.15. The number of imide groups is 1. The second-order valence-corrected chi connectivity index (χ2v) is 7.54. The molecule has 4 rings (SSSR count). The Labute approximate surface area is 177 Å². The summed E-state index contributed by atoms with van der Waals surface area (Å²) in [5.41, 5.74) is -1.46. The van der Waals surface area contributed by atoms with Gasteiger partial charge in [-0.25, -0.2) is 13.6 Å². The Morgan fingerprint density at radius 3 is 2.58 bits per heavy atom. The minimum Gasteiger partial charge on any atom is -0.490 e. The zero-order valence-corrected chi connectivity index (χ0v) is 16.6. The molecule has 0 aliphatic carbocycles. The van der Waals surface area contributed by atoms with E-state index in [4.69, 9.17) is 4.74 Å². The van der Waals surface area contributed by atoms with Crippen molar-refractivity contribution in [2.75, 3.05) is 13.2 Å². The molecule has 1 aliphatic heterocycles. The Balaban J connectivity index is 1.45. The normalized spacial score (nSPS) is 19.5. The molecule has 0 bridgehead atoms. The molecule has 2 atom stereocenters. The maximum absolute atomic E-state index is 13.6. The zero-order valence-electron chi connectivity index (χ0n) is 16.6. The number of hydrogen-bond donors (Lipinski definition) is 2. The average Bonchev–Trinajstić information content (AvgIpc) is 2.98. The monoisotopic (exact) mass is 426 g/mol. The third-order valence-electron chi connectivity index (χ3n) is 5.35. The molecule has 3 aromatic carbocycles. The van der Waals surface area contributed by atoms with E-state index in [1.807, 2.05) is 36.4 Å². The van der Waals surface area contributed by atoms with Gasteiger partial charge >= 0.3 is 6.03 Å². The van der Waals surface area contributed by atoms with Crippen LogP contribution in [0.15, 0.2) is 60.7 Å². The van der Waals surface area contributed by atoms with Gasteiger partial charge in [-0.05, 0) is 36.1 Å².